The van der Waals surface area contributed by atoms with Gasteiger partial charge in [-0.3, -0.25) is 4.90 Å². The van der Waals surface area contributed by atoms with Crippen LogP contribution in [0.25, 0.3) is 0 Å². The Bertz CT molecular complexity index is 424. The molecule has 106 valence electrons. The Morgan fingerprint density at radius 1 is 1.58 bits per heavy atom. The summed E-state index contributed by atoms with van der Waals surface area (Å²) in [5.74, 6) is 0.124. The lowest BCUT2D eigenvalue weighted by molar-refractivity contribution is 0.270. The summed E-state index contributed by atoms with van der Waals surface area (Å²) in [4.78, 5) is 8.51. The lowest BCUT2D eigenvalue weighted by Crippen LogP contribution is -2.39. The van der Waals surface area contributed by atoms with E-state index in [-0.39, 0.29) is 12.4 Å². The first-order valence-electron chi connectivity index (χ1n) is 6.96. The zero-order valence-electron chi connectivity index (χ0n) is 11.8. The lowest BCUT2D eigenvalue weighted by Gasteiger charge is -2.28. The highest BCUT2D eigenvalue weighted by atomic mass is 19.1. The smallest absolute Gasteiger partial charge is 0.170 e. The molecule has 0 aromatic carbocycles. The van der Waals surface area contributed by atoms with Crippen molar-refractivity contribution in [2.45, 2.75) is 32.4 Å². The molecule has 1 atom stereocenters. The van der Waals surface area contributed by atoms with Crippen LogP contribution in [-0.4, -0.2) is 42.6 Å². The number of hydrogen-bond acceptors (Lipinski definition) is 4. The second kappa shape index (κ2) is 6.30. The lowest BCUT2D eigenvalue weighted by atomic mass is 10.2. The van der Waals surface area contributed by atoms with Gasteiger partial charge in [-0.2, -0.15) is 0 Å². The van der Waals surface area contributed by atoms with Gasteiger partial charge in [0.05, 0.1) is 0 Å². The van der Waals surface area contributed by atoms with E-state index in [4.69, 9.17) is 5.73 Å². The summed E-state index contributed by atoms with van der Waals surface area (Å²) in [6.45, 7) is 5.39. The Morgan fingerprint density at radius 3 is 3.05 bits per heavy atom. The topological polar surface area (TPSA) is 45.4 Å². The van der Waals surface area contributed by atoms with E-state index in [0.717, 1.165) is 19.6 Å². The van der Waals surface area contributed by atoms with Crippen molar-refractivity contribution < 1.29 is 4.39 Å². The highest BCUT2D eigenvalue weighted by Gasteiger charge is 2.25. The molecule has 1 fully saturated rings. The first-order valence-corrected chi connectivity index (χ1v) is 6.96. The van der Waals surface area contributed by atoms with Crippen molar-refractivity contribution in [2.24, 2.45) is 5.73 Å². The number of anilines is 1. The number of rotatable bonds is 5. The fourth-order valence-electron chi connectivity index (χ4n) is 2.82. The van der Waals surface area contributed by atoms with E-state index in [1.807, 2.05) is 11.9 Å². The van der Waals surface area contributed by atoms with Gasteiger partial charge < -0.3 is 10.6 Å². The predicted octanol–water partition coefficient (Wildman–Crippen LogP) is 1.60. The third-order valence-corrected chi connectivity index (χ3v) is 3.92. The maximum atomic E-state index is 14.2. The quantitative estimate of drug-likeness (QED) is 0.879. The number of nitrogens with two attached hydrogens (primary N) is 1. The van der Waals surface area contributed by atoms with Gasteiger partial charge >= 0.3 is 0 Å². The molecule has 1 aromatic heterocycles. The third kappa shape index (κ3) is 3.04. The van der Waals surface area contributed by atoms with Crippen molar-refractivity contribution in [3.05, 3.63) is 23.6 Å². The van der Waals surface area contributed by atoms with E-state index >= 15 is 0 Å². The number of pyridine rings is 1. The summed E-state index contributed by atoms with van der Waals surface area (Å²) in [7, 11) is 1.90. The Balaban J connectivity index is 2.09. The number of likely N-dealkylation sites (N-methyl/N-ethyl adjacent to an activating group) is 2. The van der Waals surface area contributed by atoms with Crippen LogP contribution in [0.5, 0.6) is 0 Å². The maximum absolute atomic E-state index is 14.2. The molecule has 1 aromatic rings. The van der Waals surface area contributed by atoms with Crippen LogP contribution in [0.2, 0.25) is 0 Å². The Hall–Kier alpha value is -1.20. The summed E-state index contributed by atoms with van der Waals surface area (Å²) in [6, 6.07) is 2.14. The molecule has 19 heavy (non-hydrogen) atoms. The molecule has 2 heterocycles. The average molecular weight is 266 g/mol. The van der Waals surface area contributed by atoms with Crippen LogP contribution in [0.3, 0.4) is 0 Å². The fourth-order valence-corrected chi connectivity index (χ4v) is 2.82. The second-order valence-corrected chi connectivity index (χ2v) is 5.12. The number of aromatic nitrogens is 1. The third-order valence-electron chi connectivity index (χ3n) is 3.92. The van der Waals surface area contributed by atoms with E-state index in [1.54, 1.807) is 12.3 Å². The second-order valence-electron chi connectivity index (χ2n) is 5.12. The van der Waals surface area contributed by atoms with Gasteiger partial charge in [0.1, 0.15) is 0 Å². The highest BCUT2D eigenvalue weighted by molar-refractivity contribution is 5.42. The van der Waals surface area contributed by atoms with Crippen LogP contribution in [0.1, 0.15) is 25.3 Å². The normalized spacial score (nSPS) is 19.9. The summed E-state index contributed by atoms with van der Waals surface area (Å²) in [5.41, 5.74) is 6.06. The standard InChI is InChI=1S/C14H23FN4/c1-3-19-8-4-5-12(19)10-18(2)14-13(15)11(9-16)6-7-17-14/h6-7,12H,3-5,8-10,16H2,1-2H3. The average Bonchev–Trinajstić information content (AvgIpc) is 2.86. The molecule has 0 bridgehead atoms. The highest BCUT2D eigenvalue weighted by Crippen LogP contribution is 2.22. The molecule has 1 aliphatic rings. The predicted molar refractivity (Wildman–Crippen MR) is 75.6 cm³/mol. The van der Waals surface area contributed by atoms with Crippen LogP contribution in [-0.2, 0) is 6.54 Å². The molecule has 4 nitrogen and oxygen atoms in total. The van der Waals surface area contributed by atoms with E-state index in [2.05, 4.69) is 16.8 Å². The molecule has 2 rings (SSSR count). The minimum atomic E-state index is -0.284. The van der Waals surface area contributed by atoms with Gasteiger partial charge in [0.25, 0.3) is 0 Å². The monoisotopic (exact) mass is 266 g/mol. The van der Waals surface area contributed by atoms with E-state index in [1.165, 1.54) is 12.8 Å². The fraction of sp³-hybridized carbons (Fsp3) is 0.643. The Kier molecular flexibility index (Phi) is 4.71. The number of nitrogens with zero attached hydrogens (tertiary/aromatic N) is 3. The molecule has 0 radical (unpaired) electrons. The van der Waals surface area contributed by atoms with Crippen LogP contribution in [0.4, 0.5) is 10.2 Å². The van der Waals surface area contributed by atoms with E-state index in [9.17, 15) is 4.39 Å². The van der Waals surface area contributed by atoms with Gasteiger partial charge in [-0.05, 0) is 32.0 Å². The number of halogens is 1. The summed E-state index contributed by atoms with van der Waals surface area (Å²) in [6.07, 6.45) is 4.03. The SMILES string of the molecule is CCN1CCCC1CN(C)c1nccc(CN)c1F. The first kappa shape index (κ1) is 14.2. The summed E-state index contributed by atoms with van der Waals surface area (Å²) < 4.78 is 14.2. The van der Waals surface area contributed by atoms with Crippen LogP contribution in [0.15, 0.2) is 12.3 Å². The van der Waals surface area contributed by atoms with Crippen LogP contribution in [0, 0.1) is 5.82 Å². The van der Waals surface area contributed by atoms with Gasteiger partial charge in [-0.1, -0.05) is 6.92 Å². The molecule has 2 N–H and O–H groups in total. The van der Waals surface area contributed by atoms with Crippen molar-refractivity contribution in [2.75, 3.05) is 31.6 Å². The molecule has 1 unspecified atom stereocenters. The molecule has 5 heteroatoms. The summed E-state index contributed by atoms with van der Waals surface area (Å²) >= 11 is 0. The van der Waals surface area contributed by atoms with Crippen molar-refractivity contribution in [1.29, 1.82) is 0 Å². The molecule has 0 amide bonds. The minimum absolute atomic E-state index is 0.208. The van der Waals surface area contributed by atoms with Crippen molar-refractivity contribution in [1.82, 2.24) is 9.88 Å². The molecule has 1 aliphatic heterocycles. The maximum Gasteiger partial charge on any atom is 0.170 e. The Labute approximate surface area is 114 Å². The largest absolute Gasteiger partial charge is 0.356 e. The zero-order chi connectivity index (χ0) is 13.8. The van der Waals surface area contributed by atoms with Crippen LogP contribution < -0.4 is 10.6 Å². The molecule has 0 aliphatic carbocycles. The number of hydrogen-bond donors (Lipinski definition) is 1. The van der Waals surface area contributed by atoms with Crippen molar-refractivity contribution >= 4 is 5.82 Å². The Morgan fingerprint density at radius 2 is 2.37 bits per heavy atom. The van der Waals surface area contributed by atoms with Crippen molar-refractivity contribution in [3.63, 3.8) is 0 Å². The van der Waals surface area contributed by atoms with Gasteiger partial charge in [-0.15, -0.1) is 0 Å². The number of likely N-dealkylation sites (tertiary alicyclic amines) is 1. The zero-order valence-corrected chi connectivity index (χ0v) is 11.8. The van der Waals surface area contributed by atoms with Gasteiger partial charge in [0.2, 0.25) is 0 Å². The minimum Gasteiger partial charge on any atom is -0.356 e. The van der Waals surface area contributed by atoms with E-state index < -0.39 is 0 Å². The van der Waals surface area contributed by atoms with Gasteiger partial charge in [0.15, 0.2) is 11.6 Å². The molecule has 1 saturated heterocycles. The molecule has 0 spiro atoms. The molecule has 0 saturated carbocycles. The molecular formula is C14H23FN4. The van der Waals surface area contributed by atoms with Gasteiger partial charge in [-0.25, -0.2) is 9.37 Å². The molecular weight excluding hydrogens is 243 g/mol. The van der Waals surface area contributed by atoms with E-state index in [0.29, 0.717) is 17.4 Å². The summed E-state index contributed by atoms with van der Waals surface area (Å²) in [5, 5.41) is 0. The first-order chi connectivity index (χ1) is 9.17. The van der Waals surface area contributed by atoms with Crippen LogP contribution >= 0.6 is 0 Å². The van der Waals surface area contributed by atoms with Gasteiger partial charge in [0, 0.05) is 37.9 Å². The van der Waals surface area contributed by atoms with Crippen molar-refractivity contribution in [3.8, 4) is 0 Å².